The molecule has 1 saturated carbocycles. The first-order chi connectivity index (χ1) is 9.78. The van der Waals surface area contributed by atoms with Crippen LogP contribution in [-0.4, -0.2) is 47.7 Å². The fraction of sp³-hybridized carbons (Fsp3) is 0.941. The molecule has 0 aliphatic heterocycles. The molecule has 1 rings (SSSR count). The number of carbonyl (C=O) groups is 1. The Hall–Kier alpha value is -0.610. The molecule has 2 N–H and O–H groups in total. The molecular formula is C17H34N2O2. The van der Waals surface area contributed by atoms with Gasteiger partial charge in [0.15, 0.2) is 0 Å². The molecule has 1 aliphatic rings. The van der Waals surface area contributed by atoms with Crippen LogP contribution in [0.3, 0.4) is 0 Å². The van der Waals surface area contributed by atoms with Crippen molar-refractivity contribution >= 4 is 5.97 Å². The lowest BCUT2D eigenvalue weighted by Gasteiger charge is -2.48. The van der Waals surface area contributed by atoms with Gasteiger partial charge in [0.1, 0.15) is 5.54 Å². The van der Waals surface area contributed by atoms with Gasteiger partial charge in [-0.3, -0.25) is 4.79 Å². The number of hydrogen-bond donors (Lipinski definition) is 2. The van der Waals surface area contributed by atoms with Crippen LogP contribution in [0.15, 0.2) is 0 Å². The van der Waals surface area contributed by atoms with Crippen LogP contribution < -0.4 is 5.32 Å². The zero-order chi connectivity index (χ0) is 16.1. The molecule has 0 amide bonds. The summed E-state index contributed by atoms with van der Waals surface area (Å²) in [5, 5.41) is 13.4. The highest BCUT2D eigenvalue weighted by molar-refractivity contribution is 5.79. The van der Waals surface area contributed by atoms with Crippen molar-refractivity contribution in [3.63, 3.8) is 0 Å². The molecule has 1 fully saturated rings. The number of nitrogens with zero attached hydrogens (tertiary/aromatic N) is 1. The van der Waals surface area contributed by atoms with Gasteiger partial charge in [0, 0.05) is 13.1 Å². The maximum atomic E-state index is 12.1. The zero-order valence-electron chi connectivity index (χ0n) is 14.5. The lowest BCUT2D eigenvalue weighted by molar-refractivity contribution is -0.152. The highest BCUT2D eigenvalue weighted by atomic mass is 16.4. The molecule has 0 radical (unpaired) electrons. The first-order valence-corrected chi connectivity index (χ1v) is 8.48. The summed E-state index contributed by atoms with van der Waals surface area (Å²) in [6.45, 7) is 14.5. The van der Waals surface area contributed by atoms with E-state index in [9.17, 15) is 9.90 Å². The molecule has 0 spiro atoms. The Labute approximate surface area is 130 Å². The Morgan fingerprint density at radius 3 is 2.38 bits per heavy atom. The summed E-state index contributed by atoms with van der Waals surface area (Å²) in [6.07, 6.45) is 3.92. The van der Waals surface area contributed by atoms with Crippen molar-refractivity contribution in [3.8, 4) is 0 Å². The van der Waals surface area contributed by atoms with E-state index >= 15 is 0 Å². The Bertz CT molecular complexity index is 334. The van der Waals surface area contributed by atoms with E-state index in [1.165, 1.54) is 0 Å². The van der Waals surface area contributed by atoms with Crippen LogP contribution in [0.25, 0.3) is 0 Å². The van der Waals surface area contributed by atoms with Crippen molar-refractivity contribution in [2.24, 2.45) is 11.3 Å². The highest BCUT2D eigenvalue weighted by Crippen LogP contribution is 2.44. The third-order valence-corrected chi connectivity index (χ3v) is 5.10. The summed E-state index contributed by atoms with van der Waals surface area (Å²) in [6, 6.07) is 0. The maximum absolute atomic E-state index is 12.1. The molecule has 0 aromatic heterocycles. The lowest BCUT2D eigenvalue weighted by Crippen LogP contribution is -2.62. The number of nitrogens with one attached hydrogen (secondary N) is 1. The predicted octanol–water partition coefficient (Wildman–Crippen LogP) is 2.98. The van der Waals surface area contributed by atoms with Gasteiger partial charge in [-0.1, -0.05) is 47.5 Å². The molecule has 0 heterocycles. The first-order valence-electron chi connectivity index (χ1n) is 8.48. The fourth-order valence-corrected chi connectivity index (χ4v) is 3.87. The molecule has 2 atom stereocenters. The van der Waals surface area contributed by atoms with Crippen LogP contribution in [0.2, 0.25) is 0 Å². The van der Waals surface area contributed by atoms with Crippen molar-refractivity contribution in [1.82, 2.24) is 10.2 Å². The zero-order valence-corrected chi connectivity index (χ0v) is 14.5. The number of carboxylic acids is 1. The molecule has 4 heteroatoms. The molecular weight excluding hydrogens is 264 g/mol. The fourth-order valence-electron chi connectivity index (χ4n) is 3.87. The minimum atomic E-state index is -0.746. The normalized spacial score (nSPS) is 27.0. The van der Waals surface area contributed by atoms with E-state index in [1.807, 2.05) is 0 Å². The summed E-state index contributed by atoms with van der Waals surface area (Å²) in [5.41, 5.74) is -0.731. The van der Waals surface area contributed by atoms with E-state index in [4.69, 9.17) is 0 Å². The second kappa shape index (κ2) is 7.59. The van der Waals surface area contributed by atoms with Gasteiger partial charge in [-0.2, -0.15) is 0 Å². The van der Waals surface area contributed by atoms with Gasteiger partial charge < -0.3 is 15.3 Å². The van der Waals surface area contributed by atoms with Gasteiger partial charge in [-0.25, -0.2) is 0 Å². The average Bonchev–Trinajstić information content (AvgIpc) is 2.42. The van der Waals surface area contributed by atoms with Gasteiger partial charge in [0.25, 0.3) is 0 Å². The largest absolute Gasteiger partial charge is 0.480 e. The molecule has 4 nitrogen and oxygen atoms in total. The molecule has 0 aromatic rings. The van der Waals surface area contributed by atoms with E-state index in [0.717, 1.165) is 51.9 Å². The Kier molecular flexibility index (Phi) is 6.67. The van der Waals surface area contributed by atoms with Gasteiger partial charge in [-0.15, -0.1) is 0 Å². The summed E-state index contributed by atoms with van der Waals surface area (Å²) in [7, 11) is 0. The van der Waals surface area contributed by atoms with Crippen molar-refractivity contribution in [2.75, 3.05) is 26.2 Å². The summed E-state index contributed by atoms with van der Waals surface area (Å²) >= 11 is 0. The second-order valence-electron chi connectivity index (χ2n) is 7.39. The minimum Gasteiger partial charge on any atom is -0.480 e. The number of aliphatic carboxylic acids is 1. The minimum absolute atomic E-state index is 0.0149. The Morgan fingerprint density at radius 1 is 1.29 bits per heavy atom. The SMILES string of the molecule is CCN(CC)CCNC1(C(=O)O)CCCCC1C(C)(C)C. The van der Waals surface area contributed by atoms with Crippen LogP contribution in [0.5, 0.6) is 0 Å². The Morgan fingerprint density at radius 2 is 1.90 bits per heavy atom. The molecule has 0 aromatic carbocycles. The van der Waals surface area contributed by atoms with Crippen molar-refractivity contribution in [1.29, 1.82) is 0 Å². The molecule has 124 valence electrons. The van der Waals surface area contributed by atoms with E-state index in [-0.39, 0.29) is 11.3 Å². The number of rotatable bonds is 7. The molecule has 0 bridgehead atoms. The van der Waals surface area contributed by atoms with Crippen LogP contribution in [0, 0.1) is 11.3 Å². The second-order valence-corrected chi connectivity index (χ2v) is 7.39. The topological polar surface area (TPSA) is 52.6 Å². The number of hydrogen-bond acceptors (Lipinski definition) is 3. The standard InChI is InChI=1S/C17H34N2O2/c1-6-19(7-2)13-12-18-17(15(20)21)11-9-8-10-14(17)16(3,4)5/h14,18H,6-13H2,1-5H3,(H,20,21). The quantitative estimate of drug-likeness (QED) is 0.759. The molecule has 1 aliphatic carbocycles. The van der Waals surface area contributed by atoms with Gasteiger partial charge in [-0.05, 0) is 37.3 Å². The third kappa shape index (κ3) is 4.43. The van der Waals surface area contributed by atoms with E-state index in [0.29, 0.717) is 0 Å². The van der Waals surface area contributed by atoms with E-state index < -0.39 is 11.5 Å². The van der Waals surface area contributed by atoms with Gasteiger partial charge >= 0.3 is 5.97 Å². The number of carboxylic acid groups (broad SMARTS) is 1. The van der Waals surface area contributed by atoms with Crippen LogP contribution in [0.1, 0.15) is 60.3 Å². The monoisotopic (exact) mass is 298 g/mol. The van der Waals surface area contributed by atoms with Crippen molar-refractivity contribution in [3.05, 3.63) is 0 Å². The third-order valence-electron chi connectivity index (χ3n) is 5.10. The molecule has 21 heavy (non-hydrogen) atoms. The Balaban J connectivity index is 2.83. The smallest absolute Gasteiger partial charge is 0.324 e. The van der Waals surface area contributed by atoms with Gasteiger partial charge in [0.2, 0.25) is 0 Å². The average molecular weight is 298 g/mol. The summed E-state index contributed by atoms with van der Waals surface area (Å²) < 4.78 is 0. The van der Waals surface area contributed by atoms with Gasteiger partial charge in [0.05, 0.1) is 0 Å². The van der Waals surface area contributed by atoms with E-state index in [2.05, 4.69) is 44.8 Å². The summed E-state index contributed by atoms with van der Waals surface area (Å²) in [5.74, 6) is -0.477. The summed E-state index contributed by atoms with van der Waals surface area (Å²) in [4.78, 5) is 14.4. The predicted molar refractivity (Wildman–Crippen MR) is 87.6 cm³/mol. The molecule has 0 saturated heterocycles. The van der Waals surface area contributed by atoms with Crippen molar-refractivity contribution < 1.29 is 9.90 Å². The highest BCUT2D eigenvalue weighted by Gasteiger charge is 2.51. The maximum Gasteiger partial charge on any atom is 0.324 e. The van der Waals surface area contributed by atoms with E-state index in [1.54, 1.807) is 0 Å². The lowest BCUT2D eigenvalue weighted by atomic mass is 9.62. The first kappa shape index (κ1) is 18.4. The van der Waals surface area contributed by atoms with Crippen molar-refractivity contribution in [2.45, 2.75) is 65.8 Å². The van der Waals surface area contributed by atoms with Crippen LogP contribution in [-0.2, 0) is 4.79 Å². The van der Waals surface area contributed by atoms with Crippen LogP contribution >= 0.6 is 0 Å². The molecule has 2 unspecified atom stereocenters. The number of likely N-dealkylation sites (N-methyl/N-ethyl adjacent to an activating group) is 1. The van der Waals surface area contributed by atoms with Crippen LogP contribution in [0.4, 0.5) is 0 Å².